The lowest BCUT2D eigenvalue weighted by atomic mass is 10.2. The number of nitriles is 1. The average molecular weight is 333 g/mol. The van der Waals surface area contributed by atoms with E-state index in [1.807, 2.05) is 36.2 Å². The number of rotatable bonds is 4. The van der Waals surface area contributed by atoms with Crippen LogP contribution in [0.3, 0.4) is 0 Å². The van der Waals surface area contributed by atoms with Gasteiger partial charge in [-0.15, -0.1) is 0 Å². The van der Waals surface area contributed by atoms with Gasteiger partial charge in [-0.2, -0.15) is 5.26 Å². The molecule has 0 N–H and O–H groups in total. The molecule has 0 saturated heterocycles. The zero-order valence-corrected chi connectivity index (χ0v) is 12.8. The van der Waals surface area contributed by atoms with E-state index in [0.29, 0.717) is 18.1 Å². The van der Waals surface area contributed by atoms with Gasteiger partial charge < -0.3 is 9.64 Å². The normalized spacial score (nSPS) is 9.90. The number of hydrogen-bond acceptors (Lipinski definition) is 5. The van der Waals surface area contributed by atoms with Crippen LogP contribution in [0, 0.1) is 11.3 Å². The number of methoxy groups -OCH3 is 1. The van der Waals surface area contributed by atoms with E-state index >= 15 is 0 Å². The quantitative estimate of drug-likeness (QED) is 0.861. The summed E-state index contributed by atoms with van der Waals surface area (Å²) in [5, 5.41) is 8.87. The Morgan fingerprint density at radius 1 is 1.35 bits per heavy atom. The van der Waals surface area contributed by atoms with E-state index in [-0.39, 0.29) is 0 Å². The zero-order valence-electron chi connectivity index (χ0n) is 11.2. The molecule has 0 atom stereocenters. The average Bonchev–Trinajstić information content (AvgIpc) is 2.47. The molecule has 0 fully saturated rings. The Bertz CT molecular complexity index is 654. The predicted octanol–water partition coefficient (Wildman–Crippen LogP) is 2.76. The second-order valence-electron chi connectivity index (χ2n) is 4.19. The summed E-state index contributed by atoms with van der Waals surface area (Å²) in [4.78, 5) is 9.97. The molecular weight excluding hydrogens is 320 g/mol. The van der Waals surface area contributed by atoms with Crippen molar-refractivity contribution in [1.82, 2.24) is 9.97 Å². The van der Waals surface area contributed by atoms with Crippen LogP contribution in [0.4, 0.5) is 5.82 Å². The molecule has 0 spiro atoms. The first-order valence-corrected chi connectivity index (χ1v) is 6.69. The molecule has 6 heteroatoms. The number of aromatic nitrogens is 2. The molecule has 2 rings (SSSR count). The van der Waals surface area contributed by atoms with Gasteiger partial charge in [0.15, 0.2) is 0 Å². The Balaban J connectivity index is 2.25. The van der Waals surface area contributed by atoms with Crippen LogP contribution in [0.25, 0.3) is 0 Å². The van der Waals surface area contributed by atoms with Crippen molar-refractivity contribution in [2.45, 2.75) is 6.54 Å². The Labute approximate surface area is 126 Å². The number of hydrogen-bond donors (Lipinski definition) is 0. The largest absolute Gasteiger partial charge is 0.496 e. The highest BCUT2D eigenvalue weighted by Gasteiger charge is 2.09. The van der Waals surface area contributed by atoms with Crippen LogP contribution in [-0.2, 0) is 6.54 Å². The number of ether oxygens (including phenoxy) is 1. The van der Waals surface area contributed by atoms with Crippen molar-refractivity contribution >= 4 is 21.7 Å². The molecule has 102 valence electrons. The maximum Gasteiger partial charge on any atom is 0.145 e. The third-order valence-corrected chi connectivity index (χ3v) is 3.30. The fourth-order valence-corrected chi connectivity index (χ4v) is 2.23. The first-order chi connectivity index (χ1) is 9.63. The maximum absolute atomic E-state index is 8.87. The van der Waals surface area contributed by atoms with Crippen molar-refractivity contribution in [3.05, 3.63) is 46.3 Å². The summed E-state index contributed by atoms with van der Waals surface area (Å²) in [6.07, 6.45) is 1.39. The van der Waals surface area contributed by atoms with Gasteiger partial charge >= 0.3 is 0 Å². The van der Waals surface area contributed by atoms with Gasteiger partial charge in [0.25, 0.3) is 0 Å². The Morgan fingerprint density at radius 2 is 2.15 bits per heavy atom. The van der Waals surface area contributed by atoms with Gasteiger partial charge in [0.05, 0.1) is 7.11 Å². The molecular formula is C14H13BrN4O. The van der Waals surface area contributed by atoms with Crippen LogP contribution in [0.2, 0.25) is 0 Å². The lowest BCUT2D eigenvalue weighted by molar-refractivity contribution is 0.409. The zero-order chi connectivity index (χ0) is 14.5. The molecule has 0 radical (unpaired) electrons. The lowest BCUT2D eigenvalue weighted by Gasteiger charge is -2.19. The second-order valence-corrected chi connectivity index (χ2v) is 5.10. The van der Waals surface area contributed by atoms with E-state index in [9.17, 15) is 0 Å². The number of nitrogens with zero attached hydrogens (tertiary/aromatic N) is 4. The van der Waals surface area contributed by atoms with Crippen molar-refractivity contribution in [1.29, 1.82) is 5.26 Å². The molecule has 1 aromatic carbocycles. The second kappa shape index (κ2) is 6.35. The van der Waals surface area contributed by atoms with Gasteiger partial charge in [-0.3, -0.25) is 0 Å². The lowest BCUT2D eigenvalue weighted by Crippen LogP contribution is -2.18. The van der Waals surface area contributed by atoms with Crippen molar-refractivity contribution in [3.63, 3.8) is 0 Å². The van der Waals surface area contributed by atoms with Crippen LogP contribution < -0.4 is 9.64 Å². The molecule has 5 nitrogen and oxygen atoms in total. The van der Waals surface area contributed by atoms with E-state index in [0.717, 1.165) is 15.8 Å². The van der Waals surface area contributed by atoms with E-state index in [1.54, 1.807) is 13.2 Å². The summed E-state index contributed by atoms with van der Waals surface area (Å²) in [7, 11) is 3.55. The van der Waals surface area contributed by atoms with Crippen LogP contribution in [-0.4, -0.2) is 24.1 Å². The molecule has 20 heavy (non-hydrogen) atoms. The highest BCUT2D eigenvalue weighted by Crippen LogP contribution is 2.25. The van der Waals surface area contributed by atoms with E-state index in [2.05, 4.69) is 25.9 Å². The Morgan fingerprint density at radius 3 is 2.85 bits per heavy atom. The summed E-state index contributed by atoms with van der Waals surface area (Å²) >= 11 is 3.45. The monoisotopic (exact) mass is 332 g/mol. The first-order valence-electron chi connectivity index (χ1n) is 5.89. The van der Waals surface area contributed by atoms with Gasteiger partial charge in [0, 0.05) is 29.7 Å². The van der Waals surface area contributed by atoms with Gasteiger partial charge in [-0.05, 0) is 18.2 Å². The van der Waals surface area contributed by atoms with Gasteiger partial charge in [0.2, 0.25) is 0 Å². The van der Waals surface area contributed by atoms with Crippen molar-refractivity contribution < 1.29 is 4.74 Å². The summed E-state index contributed by atoms with van der Waals surface area (Å²) < 4.78 is 6.34. The fourth-order valence-electron chi connectivity index (χ4n) is 1.82. The highest BCUT2D eigenvalue weighted by molar-refractivity contribution is 9.10. The molecule has 1 heterocycles. The van der Waals surface area contributed by atoms with Gasteiger partial charge in [-0.25, -0.2) is 9.97 Å². The van der Waals surface area contributed by atoms with E-state index in [4.69, 9.17) is 10.00 Å². The SMILES string of the molecule is COc1ccc(Br)cc1CN(C)c1cc(C#N)ncn1. The van der Waals surface area contributed by atoms with Crippen LogP contribution in [0.15, 0.2) is 35.1 Å². The summed E-state index contributed by atoms with van der Waals surface area (Å²) in [5.41, 5.74) is 1.38. The van der Waals surface area contributed by atoms with Gasteiger partial charge in [-0.1, -0.05) is 15.9 Å². The molecule has 0 aliphatic rings. The van der Waals surface area contributed by atoms with Crippen molar-refractivity contribution in [3.8, 4) is 11.8 Å². The third-order valence-electron chi connectivity index (χ3n) is 2.81. The third kappa shape index (κ3) is 3.25. The predicted molar refractivity (Wildman–Crippen MR) is 79.5 cm³/mol. The molecule has 0 saturated carbocycles. The van der Waals surface area contributed by atoms with E-state index in [1.165, 1.54) is 6.33 Å². The summed E-state index contributed by atoms with van der Waals surface area (Å²) in [6.45, 7) is 0.616. The summed E-state index contributed by atoms with van der Waals surface area (Å²) in [6, 6.07) is 9.51. The minimum absolute atomic E-state index is 0.350. The molecule has 0 aliphatic heterocycles. The summed E-state index contributed by atoms with van der Waals surface area (Å²) in [5.74, 6) is 1.51. The topological polar surface area (TPSA) is 62.0 Å². The fraction of sp³-hybridized carbons (Fsp3) is 0.214. The van der Waals surface area contributed by atoms with Crippen LogP contribution in [0.5, 0.6) is 5.75 Å². The Kier molecular flexibility index (Phi) is 4.53. The number of anilines is 1. The van der Waals surface area contributed by atoms with Crippen molar-refractivity contribution in [2.75, 3.05) is 19.1 Å². The standard InChI is InChI=1S/C14H13BrN4O/c1-19(14-6-12(7-16)17-9-18-14)8-10-5-11(15)3-4-13(10)20-2/h3-6,9H,8H2,1-2H3. The molecule has 0 bridgehead atoms. The number of benzene rings is 1. The minimum atomic E-state index is 0.350. The number of halogens is 1. The molecule has 0 amide bonds. The molecule has 2 aromatic rings. The molecule has 0 aliphatic carbocycles. The molecule has 1 aromatic heterocycles. The van der Waals surface area contributed by atoms with Crippen molar-refractivity contribution in [2.24, 2.45) is 0 Å². The van der Waals surface area contributed by atoms with Gasteiger partial charge in [0.1, 0.15) is 29.7 Å². The smallest absolute Gasteiger partial charge is 0.145 e. The Hall–Kier alpha value is -2.13. The first kappa shape index (κ1) is 14.3. The van der Waals surface area contributed by atoms with E-state index < -0.39 is 0 Å². The van der Waals surface area contributed by atoms with Crippen LogP contribution >= 0.6 is 15.9 Å². The minimum Gasteiger partial charge on any atom is -0.496 e. The maximum atomic E-state index is 8.87. The van der Waals surface area contributed by atoms with Crippen LogP contribution in [0.1, 0.15) is 11.3 Å². The molecule has 0 unspecified atom stereocenters. The highest BCUT2D eigenvalue weighted by atomic mass is 79.9.